The molecule has 0 atom stereocenters. The van der Waals surface area contributed by atoms with Crippen LogP contribution in [0.15, 0.2) is 54.7 Å². The summed E-state index contributed by atoms with van der Waals surface area (Å²) in [6, 6.07) is 15.1. The molecule has 25 heavy (non-hydrogen) atoms. The van der Waals surface area contributed by atoms with Gasteiger partial charge in [0.05, 0.1) is 10.7 Å². The van der Waals surface area contributed by atoms with Crippen molar-refractivity contribution in [1.82, 2.24) is 9.97 Å². The zero-order valence-electron chi connectivity index (χ0n) is 13.6. The van der Waals surface area contributed by atoms with Gasteiger partial charge in [0.15, 0.2) is 0 Å². The Morgan fingerprint density at radius 3 is 2.76 bits per heavy atom. The minimum Gasteiger partial charge on any atom is -0.506 e. The van der Waals surface area contributed by atoms with Gasteiger partial charge in [0.1, 0.15) is 5.75 Å². The lowest BCUT2D eigenvalue weighted by molar-refractivity contribution is 0.475. The van der Waals surface area contributed by atoms with E-state index in [4.69, 9.17) is 17.3 Å². The first-order chi connectivity index (χ1) is 12.2. The number of nitrogens with two attached hydrogens (primary N) is 1. The number of anilines is 1. The van der Waals surface area contributed by atoms with Gasteiger partial charge in [-0.05, 0) is 41.8 Å². The summed E-state index contributed by atoms with van der Waals surface area (Å²) in [5.41, 5.74) is 9.65. The van der Waals surface area contributed by atoms with Gasteiger partial charge < -0.3 is 16.2 Å². The first-order valence-electron chi connectivity index (χ1n) is 7.99. The number of aromatic nitrogens is 2. The van der Waals surface area contributed by atoms with E-state index in [9.17, 15) is 5.11 Å². The molecule has 0 amide bonds. The number of phenolic OH excluding ortho intramolecular Hbond substituents is 1. The van der Waals surface area contributed by atoms with E-state index in [2.05, 4.69) is 15.3 Å². The van der Waals surface area contributed by atoms with E-state index in [1.807, 2.05) is 36.4 Å². The standard InChI is InChI=1S/C19H19ClN4O/c20-16-11-13(4-5-18(16)25)6-8-22-19-23-9-7-17(24-19)15-3-1-2-14(10-15)12-21/h1-5,7,9-11,25H,6,8,12,21H2,(H,22,23,24). The van der Waals surface area contributed by atoms with Crippen molar-refractivity contribution >= 4 is 17.5 Å². The van der Waals surface area contributed by atoms with Crippen LogP contribution >= 0.6 is 11.6 Å². The molecule has 3 aromatic rings. The summed E-state index contributed by atoms with van der Waals surface area (Å²) >= 11 is 5.92. The Labute approximate surface area is 151 Å². The summed E-state index contributed by atoms with van der Waals surface area (Å²) in [5, 5.41) is 13.0. The van der Waals surface area contributed by atoms with Crippen LogP contribution in [0.25, 0.3) is 11.3 Å². The van der Waals surface area contributed by atoms with E-state index >= 15 is 0 Å². The highest BCUT2D eigenvalue weighted by atomic mass is 35.5. The van der Waals surface area contributed by atoms with Gasteiger partial charge in [-0.3, -0.25) is 0 Å². The molecule has 0 aliphatic carbocycles. The quantitative estimate of drug-likeness (QED) is 0.629. The highest BCUT2D eigenvalue weighted by molar-refractivity contribution is 6.32. The Bertz CT molecular complexity index is 870. The Morgan fingerprint density at radius 2 is 1.96 bits per heavy atom. The zero-order chi connectivity index (χ0) is 17.6. The van der Waals surface area contributed by atoms with Crippen molar-refractivity contribution in [3.8, 4) is 17.0 Å². The van der Waals surface area contributed by atoms with Gasteiger partial charge in [-0.25, -0.2) is 9.97 Å². The molecule has 1 heterocycles. The summed E-state index contributed by atoms with van der Waals surface area (Å²) in [6.45, 7) is 1.16. The fourth-order valence-electron chi connectivity index (χ4n) is 2.49. The zero-order valence-corrected chi connectivity index (χ0v) is 14.4. The molecule has 0 aliphatic rings. The minimum atomic E-state index is 0.0918. The van der Waals surface area contributed by atoms with Crippen LogP contribution in [0.5, 0.6) is 5.75 Å². The molecule has 0 saturated carbocycles. The maximum atomic E-state index is 9.45. The number of benzene rings is 2. The fraction of sp³-hybridized carbons (Fsp3) is 0.158. The molecule has 3 rings (SSSR count). The predicted molar refractivity (Wildman–Crippen MR) is 101 cm³/mol. The molecular formula is C19H19ClN4O. The molecule has 0 spiro atoms. The normalized spacial score (nSPS) is 10.6. The second-order valence-corrected chi connectivity index (χ2v) is 6.04. The molecule has 0 aliphatic heterocycles. The van der Waals surface area contributed by atoms with Gasteiger partial charge in [-0.1, -0.05) is 35.9 Å². The molecule has 0 fully saturated rings. The highest BCUT2D eigenvalue weighted by Crippen LogP contribution is 2.24. The Balaban J connectivity index is 1.66. The monoisotopic (exact) mass is 354 g/mol. The Morgan fingerprint density at radius 1 is 1.08 bits per heavy atom. The molecule has 5 nitrogen and oxygen atoms in total. The van der Waals surface area contributed by atoms with Crippen LogP contribution in [0.3, 0.4) is 0 Å². The maximum Gasteiger partial charge on any atom is 0.223 e. The molecule has 2 aromatic carbocycles. The van der Waals surface area contributed by atoms with Crippen LogP contribution in [0.2, 0.25) is 5.02 Å². The van der Waals surface area contributed by atoms with Crippen LogP contribution in [0, 0.1) is 0 Å². The first-order valence-corrected chi connectivity index (χ1v) is 8.37. The van der Waals surface area contributed by atoms with Crippen molar-refractivity contribution in [1.29, 1.82) is 0 Å². The van der Waals surface area contributed by atoms with Gasteiger partial charge in [-0.15, -0.1) is 0 Å². The van der Waals surface area contributed by atoms with Crippen molar-refractivity contribution in [2.75, 3.05) is 11.9 Å². The largest absolute Gasteiger partial charge is 0.506 e. The van der Waals surface area contributed by atoms with Gasteiger partial charge in [0, 0.05) is 24.8 Å². The van der Waals surface area contributed by atoms with Crippen LogP contribution < -0.4 is 11.1 Å². The van der Waals surface area contributed by atoms with Gasteiger partial charge in [0.25, 0.3) is 0 Å². The molecule has 0 unspecified atom stereocenters. The molecule has 6 heteroatoms. The summed E-state index contributed by atoms with van der Waals surface area (Å²) in [6.07, 6.45) is 2.48. The number of rotatable bonds is 6. The number of nitrogens with one attached hydrogen (secondary N) is 1. The summed E-state index contributed by atoms with van der Waals surface area (Å²) in [5.74, 6) is 0.662. The number of phenols is 1. The maximum absolute atomic E-state index is 9.45. The number of aromatic hydroxyl groups is 1. The van der Waals surface area contributed by atoms with Crippen LogP contribution in [0.4, 0.5) is 5.95 Å². The van der Waals surface area contributed by atoms with E-state index in [0.717, 1.165) is 28.8 Å². The summed E-state index contributed by atoms with van der Waals surface area (Å²) in [7, 11) is 0. The average Bonchev–Trinajstić information content (AvgIpc) is 2.65. The first kappa shape index (κ1) is 17.2. The number of hydrogen-bond donors (Lipinski definition) is 3. The van der Waals surface area contributed by atoms with Crippen LogP contribution in [0.1, 0.15) is 11.1 Å². The van der Waals surface area contributed by atoms with E-state index in [1.54, 1.807) is 18.3 Å². The lowest BCUT2D eigenvalue weighted by Crippen LogP contribution is -2.08. The number of halogens is 1. The van der Waals surface area contributed by atoms with Gasteiger partial charge in [-0.2, -0.15) is 0 Å². The highest BCUT2D eigenvalue weighted by Gasteiger charge is 2.04. The Hall–Kier alpha value is -2.63. The van der Waals surface area contributed by atoms with Crippen molar-refractivity contribution in [3.63, 3.8) is 0 Å². The smallest absolute Gasteiger partial charge is 0.223 e. The topological polar surface area (TPSA) is 84.1 Å². The predicted octanol–water partition coefficient (Wildman–Crippen LogP) is 3.62. The minimum absolute atomic E-state index is 0.0918. The van der Waals surface area contributed by atoms with Crippen LogP contribution in [-0.2, 0) is 13.0 Å². The average molecular weight is 355 g/mol. The third-order valence-corrected chi connectivity index (χ3v) is 4.13. The third kappa shape index (κ3) is 4.47. The van der Waals surface area contributed by atoms with E-state index < -0.39 is 0 Å². The molecule has 0 radical (unpaired) electrons. The lowest BCUT2D eigenvalue weighted by atomic mass is 10.1. The second-order valence-electron chi connectivity index (χ2n) is 5.63. The Kier molecular flexibility index (Phi) is 5.48. The molecule has 0 saturated heterocycles. The van der Waals surface area contributed by atoms with Gasteiger partial charge >= 0.3 is 0 Å². The van der Waals surface area contributed by atoms with Crippen molar-refractivity contribution in [3.05, 3.63) is 70.9 Å². The molecule has 4 N–H and O–H groups in total. The van der Waals surface area contributed by atoms with Crippen LogP contribution in [-0.4, -0.2) is 21.6 Å². The molecule has 0 bridgehead atoms. The molecular weight excluding hydrogens is 336 g/mol. The SMILES string of the molecule is NCc1cccc(-c2ccnc(NCCc3ccc(O)c(Cl)c3)n2)c1. The number of nitrogens with zero attached hydrogens (tertiary/aromatic N) is 2. The van der Waals surface area contributed by atoms with Crippen molar-refractivity contribution in [2.45, 2.75) is 13.0 Å². The second kappa shape index (κ2) is 7.96. The van der Waals surface area contributed by atoms with E-state index in [0.29, 0.717) is 24.1 Å². The fourth-order valence-corrected chi connectivity index (χ4v) is 2.69. The lowest BCUT2D eigenvalue weighted by Gasteiger charge is -2.08. The number of hydrogen-bond acceptors (Lipinski definition) is 5. The van der Waals surface area contributed by atoms with Crippen molar-refractivity contribution in [2.24, 2.45) is 5.73 Å². The third-order valence-electron chi connectivity index (χ3n) is 3.82. The van der Waals surface area contributed by atoms with E-state index in [-0.39, 0.29) is 5.75 Å². The summed E-state index contributed by atoms with van der Waals surface area (Å²) in [4.78, 5) is 8.81. The molecule has 128 valence electrons. The van der Waals surface area contributed by atoms with Crippen molar-refractivity contribution < 1.29 is 5.11 Å². The molecule has 1 aromatic heterocycles. The van der Waals surface area contributed by atoms with Gasteiger partial charge in [0.2, 0.25) is 5.95 Å². The summed E-state index contributed by atoms with van der Waals surface area (Å²) < 4.78 is 0. The van der Waals surface area contributed by atoms with E-state index in [1.165, 1.54) is 0 Å².